The minimum absolute atomic E-state index is 0.0884. The molecule has 82 valence electrons. The van der Waals surface area contributed by atoms with Crippen LogP contribution in [0.1, 0.15) is 32.6 Å². The Hall–Kier alpha value is -0.770. The lowest BCUT2D eigenvalue weighted by molar-refractivity contribution is 0.239. The van der Waals surface area contributed by atoms with Gasteiger partial charge in [-0.05, 0) is 25.2 Å². The molecule has 0 aromatic rings. The third-order valence-electron chi connectivity index (χ3n) is 2.54. The lowest BCUT2D eigenvalue weighted by Crippen LogP contribution is -2.43. The van der Waals surface area contributed by atoms with Gasteiger partial charge in [-0.2, -0.15) is 0 Å². The van der Waals surface area contributed by atoms with Crippen molar-refractivity contribution in [2.45, 2.75) is 38.6 Å². The van der Waals surface area contributed by atoms with Crippen molar-refractivity contribution in [2.75, 3.05) is 13.1 Å². The molecule has 0 bridgehead atoms. The van der Waals surface area contributed by atoms with Gasteiger partial charge in [0.25, 0.3) is 0 Å². The summed E-state index contributed by atoms with van der Waals surface area (Å²) >= 11 is 0. The third-order valence-corrected chi connectivity index (χ3v) is 2.54. The van der Waals surface area contributed by atoms with Gasteiger partial charge < -0.3 is 16.4 Å². The zero-order valence-electron chi connectivity index (χ0n) is 8.88. The van der Waals surface area contributed by atoms with E-state index in [9.17, 15) is 4.79 Å². The van der Waals surface area contributed by atoms with Crippen molar-refractivity contribution < 1.29 is 4.79 Å². The topological polar surface area (TPSA) is 67.2 Å². The molecule has 1 rings (SSSR count). The molecular formula is C10H21N3O. The summed E-state index contributed by atoms with van der Waals surface area (Å²) in [4.78, 5) is 11.2. The fourth-order valence-corrected chi connectivity index (χ4v) is 1.34. The van der Waals surface area contributed by atoms with Crippen LogP contribution in [0.25, 0.3) is 0 Å². The number of amides is 2. The zero-order chi connectivity index (χ0) is 10.4. The second-order valence-electron chi connectivity index (χ2n) is 3.99. The predicted octanol–water partition coefficient (Wildman–Crippen LogP) is 0.823. The van der Waals surface area contributed by atoms with Crippen molar-refractivity contribution in [1.82, 2.24) is 10.6 Å². The number of rotatable bonds is 6. The Morgan fingerprint density at radius 1 is 1.50 bits per heavy atom. The molecule has 14 heavy (non-hydrogen) atoms. The monoisotopic (exact) mass is 199 g/mol. The quantitative estimate of drug-likeness (QED) is 0.554. The van der Waals surface area contributed by atoms with E-state index in [4.69, 9.17) is 5.73 Å². The molecule has 2 amide bonds. The van der Waals surface area contributed by atoms with E-state index in [-0.39, 0.29) is 12.1 Å². The summed E-state index contributed by atoms with van der Waals surface area (Å²) in [6.45, 7) is 3.45. The van der Waals surface area contributed by atoms with Crippen LogP contribution in [0.5, 0.6) is 0 Å². The second-order valence-corrected chi connectivity index (χ2v) is 3.99. The molecule has 0 spiro atoms. The first-order chi connectivity index (χ1) is 6.74. The molecule has 4 heteroatoms. The summed E-state index contributed by atoms with van der Waals surface area (Å²) in [6, 6.07) is 0.0569. The molecular weight excluding hydrogens is 178 g/mol. The van der Waals surface area contributed by atoms with Crippen LogP contribution in [0.15, 0.2) is 0 Å². The van der Waals surface area contributed by atoms with Crippen LogP contribution in [0, 0.1) is 5.92 Å². The van der Waals surface area contributed by atoms with E-state index in [0.29, 0.717) is 12.5 Å². The maximum Gasteiger partial charge on any atom is 0.314 e. The van der Waals surface area contributed by atoms with Crippen molar-refractivity contribution >= 4 is 6.03 Å². The number of hydrogen-bond acceptors (Lipinski definition) is 2. The van der Waals surface area contributed by atoms with Crippen LogP contribution < -0.4 is 16.4 Å². The van der Waals surface area contributed by atoms with Gasteiger partial charge in [0.1, 0.15) is 0 Å². The van der Waals surface area contributed by atoms with Crippen LogP contribution in [0.2, 0.25) is 0 Å². The summed E-state index contributed by atoms with van der Waals surface area (Å²) in [5, 5.41) is 5.58. The average molecular weight is 199 g/mol. The molecule has 1 atom stereocenters. The second kappa shape index (κ2) is 5.86. The van der Waals surface area contributed by atoms with Crippen molar-refractivity contribution in [2.24, 2.45) is 11.7 Å². The Labute approximate surface area is 85.6 Å². The predicted molar refractivity (Wildman–Crippen MR) is 57.0 cm³/mol. The largest absolute Gasteiger partial charge is 0.338 e. The van der Waals surface area contributed by atoms with Crippen molar-refractivity contribution in [3.05, 3.63) is 0 Å². The van der Waals surface area contributed by atoms with Crippen LogP contribution in [-0.2, 0) is 0 Å². The Balaban J connectivity index is 1.96. The molecule has 0 aromatic carbocycles. The normalized spacial score (nSPS) is 17.6. The van der Waals surface area contributed by atoms with Crippen molar-refractivity contribution in [3.8, 4) is 0 Å². The molecule has 0 saturated heterocycles. The minimum atomic E-state index is -0.0884. The Kier molecular flexibility index (Phi) is 4.73. The first-order valence-electron chi connectivity index (χ1n) is 5.51. The van der Waals surface area contributed by atoms with E-state index in [1.54, 1.807) is 0 Å². The highest BCUT2D eigenvalue weighted by molar-refractivity contribution is 5.73. The van der Waals surface area contributed by atoms with Crippen LogP contribution >= 0.6 is 0 Å². The van der Waals surface area contributed by atoms with Gasteiger partial charge >= 0.3 is 6.03 Å². The molecule has 1 fully saturated rings. The third kappa shape index (κ3) is 4.46. The van der Waals surface area contributed by atoms with Gasteiger partial charge in [0.05, 0.1) is 0 Å². The molecule has 1 saturated carbocycles. The number of urea groups is 1. The molecule has 0 aromatic heterocycles. The highest BCUT2D eigenvalue weighted by Gasteiger charge is 2.28. The minimum Gasteiger partial charge on any atom is -0.338 e. The molecule has 0 heterocycles. The SMILES string of the molecule is CCCCNC(=O)NCC(N)C1CC1. The van der Waals surface area contributed by atoms with Crippen LogP contribution in [-0.4, -0.2) is 25.2 Å². The number of nitrogens with two attached hydrogens (primary N) is 1. The number of unbranched alkanes of at least 4 members (excludes halogenated alkanes) is 1. The zero-order valence-corrected chi connectivity index (χ0v) is 8.88. The first kappa shape index (κ1) is 11.3. The molecule has 1 aliphatic carbocycles. The lowest BCUT2D eigenvalue weighted by Gasteiger charge is -2.12. The van der Waals surface area contributed by atoms with E-state index in [1.807, 2.05) is 0 Å². The first-order valence-corrected chi connectivity index (χ1v) is 5.51. The Morgan fingerprint density at radius 3 is 2.79 bits per heavy atom. The molecule has 4 nitrogen and oxygen atoms in total. The molecule has 4 N–H and O–H groups in total. The fourth-order valence-electron chi connectivity index (χ4n) is 1.34. The van der Waals surface area contributed by atoms with Gasteiger partial charge in [-0.3, -0.25) is 0 Å². The van der Waals surface area contributed by atoms with Crippen molar-refractivity contribution in [1.29, 1.82) is 0 Å². The highest BCUT2D eigenvalue weighted by Crippen LogP contribution is 2.31. The number of carbonyl (C=O) groups excluding carboxylic acids is 1. The molecule has 1 unspecified atom stereocenters. The summed E-state index contributed by atoms with van der Waals surface area (Å²) in [5.74, 6) is 0.644. The number of carbonyl (C=O) groups is 1. The Morgan fingerprint density at radius 2 is 2.21 bits per heavy atom. The molecule has 0 radical (unpaired) electrons. The standard InChI is InChI=1S/C10H21N3O/c1-2-3-6-12-10(14)13-7-9(11)8-4-5-8/h8-9H,2-7,11H2,1H3,(H2,12,13,14). The molecule has 0 aliphatic heterocycles. The van der Waals surface area contributed by atoms with Crippen LogP contribution in [0.4, 0.5) is 4.79 Å². The van der Waals surface area contributed by atoms with Gasteiger partial charge in [-0.25, -0.2) is 4.79 Å². The number of hydrogen-bond donors (Lipinski definition) is 3. The van der Waals surface area contributed by atoms with E-state index in [1.165, 1.54) is 12.8 Å². The van der Waals surface area contributed by atoms with E-state index in [2.05, 4.69) is 17.6 Å². The fraction of sp³-hybridized carbons (Fsp3) is 0.900. The van der Waals surface area contributed by atoms with Gasteiger partial charge in [-0.1, -0.05) is 13.3 Å². The van der Waals surface area contributed by atoms with E-state index >= 15 is 0 Å². The van der Waals surface area contributed by atoms with Gasteiger partial charge in [0.15, 0.2) is 0 Å². The summed E-state index contributed by atoms with van der Waals surface area (Å²) in [6.07, 6.45) is 4.57. The molecule has 1 aliphatic rings. The smallest absolute Gasteiger partial charge is 0.314 e. The summed E-state index contributed by atoms with van der Waals surface area (Å²) in [7, 11) is 0. The summed E-state index contributed by atoms with van der Waals surface area (Å²) < 4.78 is 0. The van der Waals surface area contributed by atoms with Gasteiger partial charge in [-0.15, -0.1) is 0 Å². The maximum atomic E-state index is 11.2. The van der Waals surface area contributed by atoms with Gasteiger partial charge in [0, 0.05) is 19.1 Å². The highest BCUT2D eigenvalue weighted by atomic mass is 16.2. The maximum absolute atomic E-state index is 11.2. The summed E-state index contributed by atoms with van der Waals surface area (Å²) in [5.41, 5.74) is 5.84. The van der Waals surface area contributed by atoms with E-state index in [0.717, 1.165) is 19.4 Å². The van der Waals surface area contributed by atoms with E-state index < -0.39 is 0 Å². The van der Waals surface area contributed by atoms with Crippen LogP contribution in [0.3, 0.4) is 0 Å². The van der Waals surface area contributed by atoms with Gasteiger partial charge in [0.2, 0.25) is 0 Å². The van der Waals surface area contributed by atoms with Crippen molar-refractivity contribution in [3.63, 3.8) is 0 Å². The number of nitrogens with one attached hydrogen (secondary N) is 2. The average Bonchev–Trinajstić information content (AvgIpc) is 2.98. The lowest BCUT2D eigenvalue weighted by atomic mass is 10.2. The Bertz CT molecular complexity index is 180.